The fraction of sp³-hybridized carbons (Fsp3) is 0.632. The van der Waals surface area contributed by atoms with Crippen molar-refractivity contribution in [2.24, 2.45) is 0 Å². The molecule has 1 aliphatic heterocycles. The summed E-state index contributed by atoms with van der Waals surface area (Å²) in [5.41, 5.74) is 2.00. The molecule has 5 heteroatoms. The van der Waals surface area contributed by atoms with Gasteiger partial charge in [-0.3, -0.25) is 0 Å². The number of benzene rings is 1. The Hall–Kier alpha value is -1.75. The minimum Gasteiger partial charge on any atom is -0.396 e. The number of urea groups is 1. The third-order valence-electron chi connectivity index (χ3n) is 4.50. The van der Waals surface area contributed by atoms with Crippen LogP contribution in [0.15, 0.2) is 24.3 Å². The van der Waals surface area contributed by atoms with E-state index >= 15 is 0 Å². The zero-order valence-corrected chi connectivity index (χ0v) is 14.8. The molecule has 1 aromatic carbocycles. The van der Waals surface area contributed by atoms with Crippen molar-refractivity contribution in [2.45, 2.75) is 45.4 Å². The summed E-state index contributed by atoms with van der Waals surface area (Å²) in [5, 5.41) is 12.2. The normalized spacial score (nSPS) is 14.5. The fourth-order valence-electron chi connectivity index (χ4n) is 3.11. The topological polar surface area (TPSA) is 55.8 Å². The van der Waals surface area contributed by atoms with Gasteiger partial charge in [0.25, 0.3) is 0 Å². The highest BCUT2D eigenvalue weighted by atomic mass is 16.3. The van der Waals surface area contributed by atoms with Gasteiger partial charge in [0.05, 0.1) is 11.4 Å². The van der Waals surface area contributed by atoms with Crippen LogP contribution in [0.1, 0.15) is 45.4 Å². The highest BCUT2D eigenvalue weighted by Gasteiger charge is 2.18. The molecule has 1 heterocycles. The monoisotopic (exact) mass is 333 g/mol. The first-order valence-corrected chi connectivity index (χ1v) is 9.27. The van der Waals surface area contributed by atoms with Gasteiger partial charge in [-0.1, -0.05) is 25.5 Å². The Labute approximate surface area is 145 Å². The first kappa shape index (κ1) is 18.6. The van der Waals surface area contributed by atoms with Crippen LogP contribution < -0.4 is 10.2 Å². The number of carbonyl (C=O) groups is 1. The van der Waals surface area contributed by atoms with Gasteiger partial charge in [0, 0.05) is 32.8 Å². The molecule has 2 N–H and O–H groups in total. The second-order valence-electron chi connectivity index (χ2n) is 6.41. The molecule has 1 fully saturated rings. The first-order chi connectivity index (χ1) is 11.8. The lowest BCUT2D eigenvalue weighted by atomic mass is 10.1. The first-order valence-electron chi connectivity index (χ1n) is 9.27. The molecule has 0 aliphatic carbocycles. The van der Waals surface area contributed by atoms with Crippen molar-refractivity contribution in [3.05, 3.63) is 24.3 Å². The second-order valence-corrected chi connectivity index (χ2v) is 6.41. The van der Waals surface area contributed by atoms with E-state index in [4.69, 9.17) is 5.11 Å². The molecule has 1 saturated heterocycles. The molecule has 2 amide bonds. The molecule has 1 aliphatic rings. The fourth-order valence-corrected chi connectivity index (χ4v) is 3.11. The van der Waals surface area contributed by atoms with Crippen molar-refractivity contribution >= 4 is 17.4 Å². The average Bonchev–Trinajstić information content (AvgIpc) is 2.63. The van der Waals surface area contributed by atoms with Gasteiger partial charge in [0.1, 0.15) is 0 Å². The van der Waals surface area contributed by atoms with Crippen molar-refractivity contribution in [2.75, 3.05) is 43.0 Å². The predicted molar refractivity (Wildman–Crippen MR) is 99.7 cm³/mol. The lowest BCUT2D eigenvalue weighted by molar-refractivity contribution is 0.201. The van der Waals surface area contributed by atoms with Crippen molar-refractivity contribution in [1.82, 2.24) is 4.90 Å². The van der Waals surface area contributed by atoms with Crippen LogP contribution in [0, 0.1) is 0 Å². The van der Waals surface area contributed by atoms with E-state index in [0.29, 0.717) is 13.0 Å². The third kappa shape index (κ3) is 5.41. The van der Waals surface area contributed by atoms with E-state index in [2.05, 4.69) is 23.2 Å². The molecular formula is C19H31N3O2. The largest absolute Gasteiger partial charge is 0.396 e. The Morgan fingerprint density at radius 1 is 1.17 bits per heavy atom. The van der Waals surface area contributed by atoms with E-state index in [1.807, 2.05) is 23.1 Å². The minimum absolute atomic E-state index is 0.0682. The molecule has 0 radical (unpaired) electrons. The van der Waals surface area contributed by atoms with Gasteiger partial charge in [-0.15, -0.1) is 0 Å². The summed E-state index contributed by atoms with van der Waals surface area (Å²) in [5.74, 6) is 0. The number of nitrogens with zero attached hydrogens (tertiary/aromatic N) is 2. The van der Waals surface area contributed by atoms with Crippen molar-refractivity contribution in [1.29, 1.82) is 0 Å². The summed E-state index contributed by atoms with van der Waals surface area (Å²) in [7, 11) is 0. The Morgan fingerprint density at radius 3 is 2.58 bits per heavy atom. The maximum atomic E-state index is 12.7. The molecule has 0 saturated carbocycles. The third-order valence-corrected chi connectivity index (χ3v) is 4.50. The quantitative estimate of drug-likeness (QED) is 0.763. The molecule has 0 unspecified atom stereocenters. The van der Waals surface area contributed by atoms with Gasteiger partial charge in [0.15, 0.2) is 0 Å². The van der Waals surface area contributed by atoms with E-state index in [1.54, 1.807) is 0 Å². The molecule has 2 rings (SSSR count). The summed E-state index contributed by atoms with van der Waals surface area (Å²) in [4.78, 5) is 16.9. The summed E-state index contributed by atoms with van der Waals surface area (Å²) in [6.45, 7) is 5.66. The average molecular weight is 333 g/mol. The molecule has 0 atom stereocenters. The SMILES string of the molecule is CCCCN(CCCO)C(=O)Nc1ccccc1N1CCCCC1. The predicted octanol–water partition coefficient (Wildman–Crippen LogP) is 3.69. The van der Waals surface area contributed by atoms with E-state index in [0.717, 1.165) is 43.9 Å². The number of amides is 2. The number of para-hydroxylation sites is 2. The number of aliphatic hydroxyl groups is 1. The van der Waals surface area contributed by atoms with Crippen LogP contribution in [-0.2, 0) is 0 Å². The molecule has 5 nitrogen and oxygen atoms in total. The summed E-state index contributed by atoms with van der Waals surface area (Å²) >= 11 is 0. The summed E-state index contributed by atoms with van der Waals surface area (Å²) in [6, 6.07) is 7.99. The zero-order valence-electron chi connectivity index (χ0n) is 14.8. The maximum absolute atomic E-state index is 12.7. The van der Waals surface area contributed by atoms with E-state index in [1.165, 1.54) is 19.3 Å². The Morgan fingerprint density at radius 2 is 1.88 bits per heavy atom. The van der Waals surface area contributed by atoms with E-state index < -0.39 is 0 Å². The van der Waals surface area contributed by atoms with Crippen LogP contribution in [0.2, 0.25) is 0 Å². The lowest BCUT2D eigenvalue weighted by Crippen LogP contribution is -2.37. The highest BCUT2D eigenvalue weighted by molar-refractivity contribution is 5.93. The number of hydrogen-bond donors (Lipinski definition) is 2. The standard InChI is InChI=1S/C19H31N3O2/c1-2-3-12-22(15-9-16-23)19(24)20-17-10-5-6-11-18(17)21-13-7-4-8-14-21/h5-6,10-11,23H,2-4,7-9,12-16H2,1H3,(H,20,24). The lowest BCUT2D eigenvalue weighted by Gasteiger charge is -2.31. The van der Waals surface area contributed by atoms with Crippen LogP contribution in [0.3, 0.4) is 0 Å². The summed E-state index contributed by atoms with van der Waals surface area (Å²) < 4.78 is 0. The minimum atomic E-state index is -0.0682. The molecule has 0 aromatic heterocycles. The van der Waals surface area contributed by atoms with E-state index in [-0.39, 0.29) is 12.6 Å². The van der Waals surface area contributed by atoms with E-state index in [9.17, 15) is 4.79 Å². The van der Waals surface area contributed by atoms with Crippen LogP contribution >= 0.6 is 0 Å². The van der Waals surface area contributed by atoms with Gasteiger partial charge in [-0.2, -0.15) is 0 Å². The van der Waals surface area contributed by atoms with Crippen LogP contribution in [0.25, 0.3) is 0 Å². The number of hydrogen-bond acceptors (Lipinski definition) is 3. The van der Waals surface area contributed by atoms with Gasteiger partial charge in [-0.05, 0) is 44.2 Å². The number of anilines is 2. The van der Waals surface area contributed by atoms with Gasteiger partial charge >= 0.3 is 6.03 Å². The molecule has 134 valence electrons. The Kier molecular flexibility index (Phi) is 7.89. The Bertz CT molecular complexity index is 493. The molecule has 0 bridgehead atoms. The van der Waals surface area contributed by atoms with Gasteiger partial charge < -0.3 is 20.2 Å². The van der Waals surface area contributed by atoms with Gasteiger partial charge in [0.2, 0.25) is 0 Å². The number of carbonyl (C=O) groups excluding carboxylic acids is 1. The van der Waals surface area contributed by atoms with Crippen molar-refractivity contribution < 1.29 is 9.90 Å². The molecule has 0 spiro atoms. The van der Waals surface area contributed by atoms with Crippen molar-refractivity contribution in [3.63, 3.8) is 0 Å². The van der Waals surface area contributed by atoms with Crippen LogP contribution in [0.4, 0.5) is 16.2 Å². The van der Waals surface area contributed by atoms with Gasteiger partial charge in [-0.25, -0.2) is 4.79 Å². The number of rotatable bonds is 8. The number of aliphatic hydroxyl groups excluding tert-OH is 1. The molecule has 24 heavy (non-hydrogen) atoms. The molecular weight excluding hydrogens is 302 g/mol. The zero-order chi connectivity index (χ0) is 17.2. The highest BCUT2D eigenvalue weighted by Crippen LogP contribution is 2.28. The smallest absolute Gasteiger partial charge is 0.321 e. The summed E-state index contributed by atoms with van der Waals surface area (Å²) in [6.07, 6.45) is 6.35. The number of nitrogens with one attached hydrogen (secondary N) is 1. The second kappa shape index (κ2) is 10.2. The van der Waals surface area contributed by atoms with Crippen molar-refractivity contribution in [3.8, 4) is 0 Å². The maximum Gasteiger partial charge on any atom is 0.321 e. The molecule has 1 aromatic rings. The van der Waals surface area contributed by atoms with Crippen LogP contribution in [0.5, 0.6) is 0 Å². The number of piperidine rings is 1. The Balaban J connectivity index is 2.05. The number of unbranched alkanes of at least 4 members (excludes halogenated alkanes) is 1. The van der Waals surface area contributed by atoms with Crippen LogP contribution in [-0.4, -0.2) is 48.8 Å².